The van der Waals surface area contributed by atoms with E-state index in [2.05, 4.69) is 16.6 Å². The second kappa shape index (κ2) is 1.84. The molecule has 9 heavy (non-hydrogen) atoms. The molecule has 0 fully saturated rings. The van der Waals surface area contributed by atoms with Crippen molar-refractivity contribution in [2.45, 2.75) is 6.54 Å². The molecular weight excluding hydrogens is 132 g/mol. The Balaban J connectivity index is 2.53. The molecule has 0 bridgehead atoms. The van der Waals surface area contributed by atoms with Crippen LogP contribution in [0, 0.1) is 0 Å². The minimum absolute atomic E-state index is 0.885. The van der Waals surface area contributed by atoms with Crippen LogP contribution in [0.25, 0.3) is 0 Å². The molecular formula is C6H5N2S. The lowest BCUT2D eigenvalue weighted by molar-refractivity contribution is 0.935. The van der Waals surface area contributed by atoms with Gasteiger partial charge in [0.05, 0.1) is 12.2 Å². The molecule has 0 unspecified atom stereocenters. The summed E-state index contributed by atoms with van der Waals surface area (Å²) >= 11 is 1.73. The average molecular weight is 137 g/mol. The van der Waals surface area contributed by atoms with Crippen LogP contribution in [0.4, 0.5) is 5.69 Å². The maximum absolute atomic E-state index is 4.00. The van der Waals surface area contributed by atoms with Gasteiger partial charge in [-0.25, -0.2) is 4.99 Å². The van der Waals surface area contributed by atoms with Gasteiger partial charge in [-0.05, 0) is 11.4 Å². The fraction of sp³-hybridized carbons (Fsp3) is 0.167. The third-order valence-corrected chi connectivity index (χ3v) is 2.14. The van der Waals surface area contributed by atoms with Crippen LogP contribution < -0.4 is 5.32 Å². The van der Waals surface area contributed by atoms with E-state index >= 15 is 0 Å². The van der Waals surface area contributed by atoms with Gasteiger partial charge >= 0.3 is 0 Å². The lowest BCUT2D eigenvalue weighted by Gasteiger charge is -2.02. The molecule has 0 saturated heterocycles. The molecule has 0 saturated carbocycles. The standard InChI is InChI=1S/C6H5N2S/c1-2-9-6-3-7-4-8-5(1)6/h1-2H,3H2,(H,7,8). The maximum Gasteiger partial charge on any atom is 0.170 e. The Morgan fingerprint density at radius 1 is 1.78 bits per heavy atom. The molecule has 1 aliphatic rings. The summed E-state index contributed by atoms with van der Waals surface area (Å²) in [6, 6.07) is 2.01. The molecule has 0 amide bonds. The first-order chi connectivity index (χ1) is 4.47. The van der Waals surface area contributed by atoms with Crippen LogP contribution in [0.3, 0.4) is 0 Å². The van der Waals surface area contributed by atoms with Crippen molar-refractivity contribution in [3.05, 3.63) is 16.3 Å². The fourth-order valence-corrected chi connectivity index (χ4v) is 1.54. The Morgan fingerprint density at radius 2 is 2.78 bits per heavy atom. The molecule has 1 N–H and O–H groups in total. The number of nitrogens with zero attached hydrogens (tertiary/aromatic N) is 1. The van der Waals surface area contributed by atoms with E-state index in [1.165, 1.54) is 4.88 Å². The van der Waals surface area contributed by atoms with E-state index < -0.39 is 0 Å². The third-order valence-electron chi connectivity index (χ3n) is 1.23. The van der Waals surface area contributed by atoms with Crippen molar-refractivity contribution >= 4 is 23.4 Å². The van der Waals surface area contributed by atoms with Gasteiger partial charge in [-0.15, -0.1) is 11.3 Å². The Kier molecular flexibility index (Phi) is 1.02. The lowest BCUT2D eigenvalue weighted by atomic mass is 10.4. The smallest absolute Gasteiger partial charge is 0.170 e. The van der Waals surface area contributed by atoms with Gasteiger partial charge in [-0.3, -0.25) is 0 Å². The topological polar surface area (TPSA) is 24.4 Å². The number of rotatable bonds is 0. The zero-order valence-electron chi connectivity index (χ0n) is 4.72. The predicted molar refractivity (Wildman–Crippen MR) is 38.3 cm³/mol. The second-order valence-electron chi connectivity index (χ2n) is 1.81. The molecule has 1 radical (unpaired) electrons. The van der Waals surface area contributed by atoms with Crippen molar-refractivity contribution in [1.29, 1.82) is 0 Å². The van der Waals surface area contributed by atoms with E-state index in [4.69, 9.17) is 0 Å². The van der Waals surface area contributed by atoms with Crippen molar-refractivity contribution in [3.8, 4) is 0 Å². The molecule has 1 aromatic heterocycles. The first kappa shape index (κ1) is 4.99. The average Bonchev–Trinajstić information content (AvgIpc) is 2.33. The van der Waals surface area contributed by atoms with Crippen LogP contribution >= 0.6 is 11.3 Å². The molecule has 45 valence electrons. The summed E-state index contributed by atoms with van der Waals surface area (Å²) in [6.45, 7) is 0.885. The van der Waals surface area contributed by atoms with Crippen molar-refractivity contribution in [2.24, 2.45) is 4.99 Å². The zero-order valence-corrected chi connectivity index (χ0v) is 5.53. The van der Waals surface area contributed by atoms with Gasteiger partial charge in [0, 0.05) is 4.88 Å². The number of hydrogen-bond acceptors (Lipinski definition) is 3. The van der Waals surface area contributed by atoms with Gasteiger partial charge in [0.25, 0.3) is 0 Å². The minimum Gasteiger partial charge on any atom is -0.362 e. The van der Waals surface area contributed by atoms with E-state index in [0.29, 0.717) is 0 Å². The number of thiophene rings is 1. The van der Waals surface area contributed by atoms with Gasteiger partial charge in [-0.2, -0.15) is 0 Å². The Hall–Kier alpha value is -0.830. The van der Waals surface area contributed by atoms with E-state index in [-0.39, 0.29) is 0 Å². The molecule has 2 heterocycles. The zero-order chi connectivity index (χ0) is 6.10. The molecule has 0 spiro atoms. The molecule has 0 aliphatic carbocycles. The van der Waals surface area contributed by atoms with Crippen LogP contribution in [0.1, 0.15) is 4.88 Å². The summed E-state index contributed by atoms with van der Waals surface area (Å²) in [4.78, 5) is 5.30. The largest absolute Gasteiger partial charge is 0.362 e. The maximum atomic E-state index is 4.00. The van der Waals surface area contributed by atoms with Crippen LogP contribution in [0.5, 0.6) is 0 Å². The summed E-state index contributed by atoms with van der Waals surface area (Å²) in [5.74, 6) is 0. The van der Waals surface area contributed by atoms with Crippen LogP contribution in [0.15, 0.2) is 16.4 Å². The lowest BCUT2D eigenvalue weighted by Crippen LogP contribution is -2.11. The minimum atomic E-state index is 0.885. The highest BCUT2D eigenvalue weighted by molar-refractivity contribution is 7.10. The van der Waals surface area contributed by atoms with Gasteiger partial charge in [0.2, 0.25) is 0 Å². The van der Waals surface area contributed by atoms with Gasteiger partial charge < -0.3 is 5.32 Å². The quantitative estimate of drug-likeness (QED) is 0.574. The highest BCUT2D eigenvalue weighted by Gasteiger charge is 2.04. The summed E-state index contributed by atoms with van der Waals surface area (Å²) in [5, 5.41) is 4.97. The van der Waals surface area contributed by atoms with Crippen LogP contribution in [-0.4, -0.2) is 6.34 Å². The second-order valence-corrected chi connectivity index (χ2v) is 2.81. The first-order valence-electron chi connectivity index (χ1n) is 2.72. The number of fused-ring (bicyclic) bond motifs is 1. The third kappa shape index (κ3) is 0.733. The molecule has 1 aliphatic heterocycles. The Morgan fingerprint density at radius 3 is 3.67 bits per heavy atom. The van der Waals surface area contributed by atoms with E-state index in [9.17, 15) is 0 Å². The summed E-state index contributed by atoms with van der Waals surface area (Å²) in [5.41, 5.74) is 1.07. The van der Waals surface area contributed by atoms with E-state index in [0.717, 1.165) is 12.2 Å². The van der Waals surface area contributed by atoms with Crippen LogP contribution in [0.2, 0.25) is 0 Å². The van der Waals surface area contributed by atoms with Crippen molar-refractivity contribution in [1.82, 2.24) is 5.32 Å². The van der Waals surface area contributed by atoms with Crippen molar-refractivity contribution in [2.75, 3.05) is 0 Å². The summed E-state index contributed by atoms with van der Waals surface area (Å²) < 4.78 is 0. The fourth-order valence-electron chi connectivity index (χ4n) is 0.785. The molecule has 3 heteroatoms. The highest BCUT2D eigenvalue weighted by Crippen LogP contribution is 2.25. The summed E-state index contributed by atoms with van der Waals surface area (Å²) in [6.07, 6.45) is 2.71. The highest BCUT2D eigenvalue weighted by atomic mass is 32.1. The molecule has 0 atom stereocenters. The number of hydrogen-bond donors (Lipinski definition) is 1. The number of nitrogens with one attached hydrogen (secondary N) is 1. The van der Waals surface area contributed by atoms with Crippen molar-refractivity contribution in [3.63, 3.8) is 0 Å². The monoisotopic (exact) mass is 137 g/mol. The Labute approximate surface area is 57.2 Å². The molecule has 1 aromatic rings. The summed E-state index contributed by atoms with van der Waals surface area (Å²) in [7, 11) is 0. The van der Waals surface area contributed by atoms with Crippen LogP contribution in [-0.2, 0) is 6.54 Å². The van der Waals surface area contributed by atoms with E-state index in [1.54, 1.807) is 11.3 Å². The van der Waals surface area contributed by atoms with Gasteiger partial charge in [0.1, 0.15) is 0 Å². The number of aliphatic imine (C=N–C) groups is 1. The Bertz CT molecular complexity index is 239. The normalized spacial score (nSPS) is 14.7. The molecule has 2 nitrogen and oxygen atoms in total. The SMILES string of the molecule is [C]1=Nc2ccsc2CN1. The predicted octanol–water partition coefficient (Wildman–Crippen LogP) is 1.39. The van der Waals surface area contributed by atoms with Crippen molar-refractivity contribution < 1.29 is 0 Å². The van der Waals surface area contributed by atoms with Gasteiger partial charge in [-0.1, -0.05) is 0 Å². The first-order valence-corrected chi connectivity index (χ1v) is 3.60. The molecule has 2 rings (SSSR count). The van der Waals surface area contributed by atoms with Gasteiger partial charge in [0.15, 0.2) is 6.34 Å². The molecule has 0 aromatic carbocycles. The van der Waals surface area contributed by atoms with E-state index in [1.807, 2.05) is 11.4 Å².